The molecule has 2 saturated carbocycles. The summed E-state index contributed by atoms with van der Waals surface area (Å²) < 4.78 is 0. The molecule has 0 aliphatic heterocycles. The molecular weight excluding hydrogens is 272 g/mol. The maximum atomic E-state index is 10.6. The highest BCUT2D eigenvalue weighted by molar-refractivity contribution is 7.13. The van der Waals surface area contributed by atoms with Gasteiger partial charge in [0.05, 0.1) is 12.1 Å². The monoisotopic (exact) mass is 294 g/mol. The van der Waals surface area contributed by atoms with E-state index in [0.717, 1.165) is 35.1 Å². The Morgan fingerprint density at radius 3 is 3.00 bits per heavy atom. The van der Waals surface area contributed by atoms with Gasteiger partial charge >= 0.3 is 5.97 Å². The van der Waals surface area contributed by atoms with Crippen molar-refractivity contribution in [3.63, 3.8) is 0 Å². The van der Waals surface area contributed by atoms with Crippen LogP contribution >= 0.6 is 11.3 Å². The summed E-state index contributed by atoms with van der Waals surface area (Å²) in [6, 6.07) is 0. The predicted molar refractivity (Wildman–Crippen MR) is 80.3 cm³/mol. The molecule has 1 heterocycles. The Morgan fingerprint density at radius 1 is 1.50 bits per heavy atom. The van der Waals surface area contributed by atoms with Crippen LogP contribution < -0.4 is 4.90 Å². The fourth-order valence-electron chi connectivity index (χ4n) is 3.85. The minimum Gasteiger partial charge on any atom is -0.481 e. The normalized spacial score (nSPS) is 27.9. The van der Waals surface area contributed by atoms with Crippen LogP contribution in [-0.4, -0.2) is 29.7 Å². The van der Waals surface area contributed by atoms with E-state index in [4.69, 9.17) is 5.11 Å². The Morgan fingerprint density at radius 2 is 2.35 bits per heavy atom. The van der Waals surface area contributed by atoms with Crippen molar-refractivity contribution >= 4 is 22.4 Å². The molecule has 2 aliphatic carbocycles. The summed E-state index contributed by atoms with van der Waals surface area (Å²) in [5.74, 6) is 2.01. The van der Waals surface area contributed by atoms with E-state index < -0.39 is 5.97 Å². The molecule has 1 aromatic heterocycles. The van der Waals surface area contributed by atoms with E-state index in [0.29, 0.717) is 6.42 Å². The molecule has 20 heavy (non-hydrogen) atoms. The molecule has 1 N–H and O–H groups in total. The van der Waals surface area contributed by atoms with Gasteiger partial charge in [-0.15, -0.1) is 11.3 Å². The van der Waals surface area contributed by atoms with E-state index in [9.17, 15) is 4.79 Å². The van der Waals surface area contributed by atoms with Crippen molar-refractivity contribution in [2.45, 2.75) is 38.5 Å². The van der Waals surface area contributed by atoms with Crippen LogP contribution in [0.1, 0.15) is 37.8 Å². The number of nitrogens with zero attached hydrogens (tertiary/aromatic N) is 2. The standard InChI is InChI=1S/C15H22N2O2S/c1-17(8-12-7-10-2-3-11(12)6-10)15-16-13(9-20-15)4-5-14(18)19/h9-12H,2-8H2,1H3,(H,18,19). The topological polar surface area (TPSA) is 53.4 Å². The van der Waals surface area contributed by atoms with E-state index in [1.807, 2.05) is 5.38 Å². The zero-order valence-corrected chi connectivity index (χ0v) is 12.7. The minimum absolute atomic E-state index is 0.166. The Hall–Kier alpha value is -1.10. The lowest BCUT2D eigenvalue weighted by Crippen LogP contribution is -2.28. The Labute approximate surface area is 123 Å². The lowest BCUT2D eigenvalue weighted by molar-refractivity contribution is -0.136. The van der Waals surface area contributed by atoms with Gasteiger partial charge < -0.3 is 10.0 Å². The van der Waals surface area contributed by atoms with E-state index in [1.165, 1.54) is 25.7 Å². The van der Waals surface area contributed by atoms with Gasteiger partial charge in [-0.2, -0.15) is 0 Å². The van der Waals surface area contributed by atoms with Crippen LogP contribution in [0.3, 0.4) is 0 Å². The number of hydrogen-bond acceptors (Lipinski definition) is 4. The van der Waals surface area contributed by atoms with Crippen molar-refractivity contribution in [3.8, 4) is 0 Å². The molecule has 1 aromatic rings. The number of carbonyl (C=O) groups is 1. The second kappa shape index (κ2) is 5.72. The molecule has 3 unspecified atom stereocenters. The quantitative estimate of drug-likeness (QED) is 0.876. The summed E-state index contributed by atoms with van der Waals surface area (Å²) in [5, 5.41) is 11.7. The Bertz CT molecular complexity index is 488. The van der Waals surface area contributed by atoms with Crippen LogP contribution in [0, 0.1) is 17.8 Å². The van der Waals surface area contributed by atoms with E-state index in [2.05, 4.69) is 16.9 Å². The van der Waals surface area contributed by atoms with Crippen molar-refractivity contribution in [2.75, 3.05) is 18.5 Å². The van der Waals surface area contributed by atoms with Crippen molar-refractivity contribution in [1.29, 1.82) is 0 Å². The highest BCUT2D eigenvalue weighted by atomic mass is 32.1. The van der Waals surface area contributed by atoms with Crippen LogP contribution in [0.4, 0.5) is 5.13 Å². The largest absolute Gasteiger partial charge is 0.481 e. The summed E-state index contributed by atoms with van der Waals surface area (Å²) in [7, 11) is 2.12. The number of thiazole rings is 1. The molecule has 2 aliphatic rings. The molecule has 2 fully saturated rings. The van der Waals surface area contributed by atoms with Crippen molar-refractivity contribution in [2.24, 2.45) is 17.8 Å². The Kier molecular flexibility index (Phi) is 3.96. The molecular formula is C15H22N2O2S. The van der Waals surface area contributed by atoms with Gasteiger partial charge in [-0.1, -0.05) is 6.42 Å². The van der Waals surface area contributed by atoms with Crippen LogP contribution in [0.25, 0.3) is 0 Å². The number of carboxylic acid groups (broad SMARTS) is 1. The average molecular weight is 294 g/mol. The zero-order valence-electron chi connectivity index (χ0n) is 11.9. The first-order valence-corrected chi connectivity index (χ1v) is 8.37. The number of hydrogen-bond donors (Lipinski definition) is 1. The van der Waals surface area contributed by atoms with Gasteiger partial charge in [0.1, 0.15) is 0 Å². The number of aliphatic carboxylic acids is 1. The Balaban J connectivity index is 1.54. The number of anilines is 1. The van der Waals surface area contributed by atoms with Gasteiger partial charge in [0.15, 0.2) is 5.13 Å². The third-order valence-corrected chi connectivity index (χ3v) is 5.86. The van der Waals surface area contributed by atoms with Crippen molar-refractivity contribution in [1.82, 2.24) is 4.98 Å². The summed E-state index contributed by atoms with van der Waals surface area (Å²) in [5.41, 5.74) is 0.909. The molecule has 4 nitrogen and oxygen atoms in total. The number of fused-ring (bicyclic) bond motifs is 2. The third kappa shape index (κ3) is 2.97. The van der Waals surface area contributed by atoms with Crippen LogP contribution in [0.2, 0.25) is 0 Å². The van der Waals surface area contributed by atoms with Gasteiger partial charge in [-0.25, -0.2) is 4.98 Å². The lowest BCUT2D eigenvalue weighted by Gasteiger charge is -2.26. The van der Waals surface area contributed by atoms with Crippen molar-refractivity contribution in [3.05, 3.63) is 11.1 Å². The van der Waals surface area contributed by atoms with Crippen molar-refractivity contribution < 1.29 is 9.90 Å². The van der Waals surface area contributed by atoms with Crippen LogP contribution in [-0.2, 0) is 11.2 Å². The molecule has 0 aromatic carbocycles. The number of carboxylic acids is 1. The number of rotatable bonds is 6. The molecule has 0 spiro atoms. The van der Waals surface area contributed by atoms with Gasteiger partial charge in [0, 0.05) is 25.4 Å². The van der Waals surface area contributed by atoms with Gasteiger partial charge in [0.2, 0.25) is 0 Å². The van der Waals surface area contributed by atoms with Crippen LogP contribution in [0.15, 0.2) is 5.38 Å². The first-order valence-electron chi connectivity index (χ1n) is 7.49. The third-order valence-electron chi connectivity index (χ3n) is 4.85. The highest BCUT2D eigenvalue weighted by Crippen LogP contribution is 2.48. The predicted octanol–water partition coefficient (Wildman–Crippen LogP) is 3.03. The van der Waals surface area contributed by atoms with Gasteiger partial charge in [0.25, 0.3) is 0 Å². The molecule has 5 heteroatoms. The maximum Gasteiger partial charge on any atom is 0.303 e. The zero-order chi connectivity index (χ0) is 14.1. The molecule has 2 bridgehead atoms. The molecule has 0 radical (unpaired) electrons. The van der Waals surface area contributed by atoms with Gasteiger partial charge in [-0.3, -0.25) is 4.79 Å². The lowest BCUT2D eigenvalue weighted by atomic mass is 9.88. The van der Waals surface area contributed by atoms with E-state index in [1.54, 1.807) is 11.3 Å². The fourth-order valence-corrected chi connectivity index (χ4v) is 4.69. The minimum atomic E-state index is -0.755. The second-order valence-corrected chi connectivity index (χ2v) is 7.17. The maximum absolute atomic E-state index is 10.6. The number of aryl methyl sites for hydroxylation is 1. The van der Waals surface area contributed by atoms with E-state index >= 15 is 0 Å². The summed E-state index contributed by atoms with van der Waals surface area (Å²) >= 11 is 1.63. The molecule has 3 rings (SSSR count). The average Bonchev–Trinajstić information content (AvgIpc) is 3.12. The highest BCUT2D eigenvalue weighted by Gasteiger charge is 2.39. The first-order chi connectivity index (χ1) is 9.61. The first kappa shape index (κ1) is 13.9. The molecule has 3 atom stereocenters. The SMILES string of the molecule is CN(CC1CC2CCC1C2)c1nc(CCC(=O)O)cs1. The summed E-state index contributed by atoms with van der Waals surface area (Å²) in [6.45, 7) is 1.10. The van der Waals surface area contributed by atoms with E-state index in [-0.39, 0.29) is 6.42 Å². The van der Waals surface area contributed by atoms with Crippen LogP contribution in [0.5, 0.6) is 0 Å². The second-order valence-electron chi connectivity index (χ2n) is 6.33. The number of aromatic nitrogens is 1. The summed E-state index contributed by atoms with van der Waals surface area (Å²) in [6.07, 6.45) is 6.41. The summed E-state index contributed by atoms with van der Waals surface area (Å²) in [4.78, 5) is 17.4. The smallest absolute Gasteiger partial charge is 0.303 e. The molecule has 0 amide bonds. The molecule has 110 valence electrons. The van der Waals surface area contributed by atoms with Gasteiger partial charge in [-0.05, 0) is 37.0 Å². The molecule has 0 saturated heterocycles. The fraction of sp³-hybridized carbons (Fsp3) is 0.733.